The molecule has 1 aromatic rings. The van der Waals surface area contributed by atoms with Gasteiger partial charge in [0.25, 0.3) is 0 Å². The van der Waals surface area contributed by atoms with Crippen LogP contribution >= 0.6 is 7.37 Å². The van der Waals surface area contributed by atoms with Gasteiger partial charge in [-0.15, -0.1) is 0 Å². The molecule has 1 aliphatic heterocycles. The molecule has 2 atom stereocenters. The van der Waals surface area contributed by atoms with Crippen LogP contribution in [0.4, 0.5) is 0 Å². The predicted molar refractivity (Wildman–Crippen MR) is 121 cm³/mol. The van der Waals surface area contributed by atoms with E-state index in [-0.39, 0.29) is 18.6 Å². The quantitative estimate of drug-likeness (QED) is 0.399. The molecule has 0 aromatic heterocycles. The van der Waals surface area contributed by atoms with Crippen LogP contribution in [-0.4, -0.2) is 51.9 Å². The fraction of sp³-hybridized carbons (Fsp3) is 0.600. The average Bonchev–Trinajstić information content (AvgIpc) is 2.94. The van der Waals surface area contributed by atoms with Crippen molar-refractivity contribution < 1.29 is 22.8 Å². The van der Waals surface area contributed by atoms with E-state index in [1.165, 1.54) is 0 Å². The zero-order valence-electron chi connectivity index (χ0n) is 18.4. The highest BCUT2D eigenvalue weighted by Crippen LogP contribution is 2.56. The Morgan fingerprint density at radius 1 is 1.10 bits per heavy atom. The number of amides is 1. The number of hydrogen-bond acceptors (Lipinski definition) is 5. The molecule has 2 unspecified atom stereocenters. The Morgan fingerprint density at radius 2 is 1.72 bits per heavy atom. The van der Waals surface area contributed by atoms with Gasteiger partial charge in [0.05, 0.1) is 6.29 Å². The Bertz CT molecular complexity index is 773. The third-order valence-corrected chi connectivity index (χ3v) is 10.7. The van der Waals surface area contributed by atoms with Gasteiger partial charge < -0.3 is 13.5 Å². The van der Waals surface area contributed by atoms with E-state index in [0.717, 1.165) is 12.0 Å². The lowest BCUT2D eigenvalue weighted by Gasteiger charge is -2.35. The maximum Gasteiger partial charge on any atom is 0.305 e. The maximum atomic E-state index is 14.3. The Balaban J connectivity index is 2.44. The second-order valence-corrected chi connectivity index (χ2v) is 21.3. The molecule has 9 heteroatoms. The monoisotopic (exact) mass is 455 g/mol. The summed E-state index contributed by atoms with van der Waals surface area (Å²) >= 11 is 0. The Labute approximate surface area is 176 Å². The predicted octanol–water partition coefficient (Wildman–Crippen LogP) is 4.69. The normalized spacial score (nSPS) is 18.4. The number of likely N-dealkylation sites (tertiary alicyclic amines) is 1. The van der Waals surface area contributed by atoms with E-state index in [2.05, 4.69) is 0 Å². The van der Waals surface area contributed by atoms with Crippen LogP contribution in [0, 0.1) is 0 Å². The van der Waals surface area contributed by atoms with E-state index in [1.54, 1.807) is 4.90 Å². The first-order valence-corrected chi connectivity index (χ1v) is 18.8. The van der Waals surface area contributed by atoms with Crippen LogP contribution in [0.25, 0.3) is 0 Å². The van der Waals surface area contributed by atoms with Gasteiger partial charge in [0, 0.05) is 13.0 Å². The summed E-state index contributed by atoms with van der Waals surface area (Å²) in [4.78, 5) is 27.1. The molecule has 1 aliphatic rings. The average molecular weight is 456 g/mol. The molecule has 0 spiro atoms. The van der Waals surface area contributed by atoms with Crippen molar-refractivity contribution in [3.8, 4) is 0 Å². The molecular formula is C20H34NO5PSi2. The molecular weight excluding hydrogens is 421 g/mol. The van der Waals surface area contributed by atoms with Gasteiger partial charge in [0.2, 0.25) is 21.6 Å². The van der Waals surface area contributed by atoms with Crippen molar-refractivity contribution >= 4 is 35.9 Å². The van der Waals surface area contributed by atoms with E-state index >= 15 is 0 Å². The lowest BCUT2D eigenvalue weighted by atomic mass is 10.1. The van der Waals surface area contributed by atoms with Crippen LogP contribution in [0.2, 0.25) is 39.3 Å². The molecule has 0 bridgehead atoms. The molecule has 2 rings (SSSR count). The summed E-state index contributed by atoms with van der Waals surface area (Å²) in [5, 5.41) is 0. The highest BCUT2D eigenvalue weighted by atomic mass is 31.2. The maximum absolute atomic E-state index is 14.3. The van der Waals surface area contributed by atoms with Crippen molar-refractivity contribution in [1.29, 1.82) is 0 Å². The molecule has 1 fully saturated rings. The van der Waals surface area contributed by atoms with Crippen molar-refractivity contribution in [2.45, 2.75) is 64.2 Å². The second-order valence-electron chi connectivity index (χ2n) is 9.57. The first-order chi connectivity index (χ1) is 13.3. The lowest BCUT2D eigenvalue weighted by molar-refractivity contribution is -0.135. The summed E-state index contributed by atoms with van der Waals surface area (Å²) in [5.74, 6) is -0.498. The van der Waals surface area contributed by atoms with Gasteiger partial charge in [0.1, 0.15) is 5.66 Å². The van der Waals surface area contributed by atoms with Crippen molar-refractivity contribution in [2.75, 3.05) is 12.8 Å². The summed E-state index contributed by atoms with van der Waals surface area (Å²) < 4.78 is 26.3. The van der Waals surface area contributed by atoms with E-state index in [9.17, 15) is 14.2 Å². The van der Waals surface area contributed by atoms with Crippen molar-refractivity contribution in [3.05, 3.63) is 35.9 Å². The third-order valence-electron chi connectivity index (χ3n) is 4.39. The molecule has 1 amide bonds. The summed E-state index contributed by atoms with van der Waals surface area (Å²) in [6, 6.07) is 9.51. The first-order valence-electron chi connectivity index (χ1n) is 10.1. The molecule has 29 heavy (non-hydrogen) atoms. The van der Waals surface area contributed by atoms with Crippen LogP contribution in [0.5, 0.6) is 0 Å². The minimum atomic E-state index is -3.53. The van der Waals surface area contributed by atoms with Crippen LogP contribution in [0.3, 0.4) is 0 Å². The Kier molecular flexibility index (Phi) is 7.71. The fourth-order valence-electron chi connectivity index (χ4n) is 3.34. The summed E-state index contributed by atoms with van der Waals surface area (Å²) in [7, 11) is -7.99. The lowest BCUT2D eigenvalue weighted by Crippen LogP contribution is -2.41. The number of carbonyl (C=O) groups is 2. The van der Waals surface area contributed by atoms with E-state index in [1.807, 2.05) is 69.6 Å². The van der Waals surface area contributed by atoms with Crippen LogP contribution in [0.15, 0.2) is 30.3 Å². The standard InChI is InChI=1S/C20H34NO5PSi2/c1-28(2,3)25-20(23)18(15-17-11-8-7-9-12-17)27(24,26-29(4,5)6)16-21-14-10-13-19(21)22/h7-9,11-12,18H,10,13-16H2,1-6H3. The van der Waals surface area contributed by atoms with Gasteiger partial charge in [0.15, 0.2) is 8.32 Å². The number of hydrogen-bond donors (Lipinski definition) is 0. The summed E-state index contributed by atoms with van der Waals surface area (Å²) in [6.07, 6.45) is 1.45. The highest BCUT2D eigenvalue weighted by Gasteiger charge is 2.46. The second kappa shape index (κ2) is 9.29. The number of benzene rings is 1. The zero-order valence-corrected chi connectivity index (χ0v) is 21.3. The topological polar surface area (TPSA) is 72.9 Å². The van der Waals surface area contributed by atoms with E-state index in [4.69, 9.17) is 8.64 Å². The van der Waals surface area contributed by atoms with E-state index < -0.39 is 35.6 Å². The Hall–Kier alpha value is -1.22. The molecule has 0 saturated carbocycles. The molecule has 1 saturated heterocycles. The van der Waals surface area contributed by atoms with Gasteiger partial charge >= 0.3 is 5.97 Å². The van der Waals surface area contributed by atoms with Crippen molar-refractivity contribution in [2.24, 2.45) is 0 Å². The third kappa shape index (κ3) is 7.52. The van der Waals surface area contributed by atoms with Gasteiger partial charge in [-0.2, -0.15) is 0 Å². The molecule has 1 aromatic carbocycles. The SMILES string of the molecule is C[Si](C)(C)OC(=O)C(Cc1ccccc1)P(=O)(CN1CCCC1=O)O[Si](C)(C)C. The number of nitrogens with zero attached hydrogens (tertiary/aromatic N) is 1. The summed E-state index contributed by atoms with van der Waals surface area (Å²) in [6.45, 7) is 12.2. The van der Waals surface area contributed by atoms with Crippen molar-refractivity contribution in [3.63, 3.8) is 0 Å². The van der Waals surface area contributed by atoms with E-state index in [0.29, 0.717) is 13.0 Å². The van der Waals surface area contributed by atoms with Gasteiger partial charge in [-0.1, -0.05) is 30.3 Å². The number of carbonyl (C=O) groups excluding carboxylic acids is 2. The Morgan fingerprint density at radius 3 is 2.21 bits per heavy atom. The van der Waals surface area contributed by atoms with Crippen LogP contribution in [-0.2, 0) is 29.2 Å². The van der Waals surface area contributed by atoms with Gasteiger partial charge in [-0.05, 0) is 57.7 Å². The molecule has 0 radical (unpaired) electrons. The minimum absolute atomic E-state index is 0.0194. The molecule has 1 heterocycles. The molecule has 0 aliphatic carbocycles. The zero-order chi connectivity index (χ0) is 21.9. The number of rotatable bonds is 9. The van der Waals surface area contributed by atoms with Gasteiger partial charge in [-0.25, -0.2) is 0 Å². The van der Waals surface area contributed by atoms with Crippen LogP contribution in [0.1, 0.15) is 18.4 Å². The summed E-state index contributed by atoms with van der Waals surface area (Å²) in [5.41, 5.74) is -0.0195. The fourth-order valence-corrected chi connectivity index (χ4v) is 10.5. The smallest absolute Gasteiger partial charge is 0.305 e. The largest absolute Gasteiger partial charge is 0.519 e. The minimum Gasteiger partial charge on any atom is -0.519 e. The highest BCUT2D eigenvalue weighted by molar-refractivity contribution is 7.62. The van der Waals surface area contributed by atoms with Crippen LogP contribution < -0.4 is 0 Å². The molecule has 0 N–H and O–H groups in total. The van der Waals surface area contributed by atoms with Crippen molar-refractivity contribution in [1.82, 2.24) is 4.90 Å². The molecule has 162 valence electrons. The first kappa shape index (κ1) is 24.1. The van der Waals surface area contributed by atoms with Gasteiger partial charge in [-0.3, -0.25) is 14.2 Å². The molecule has 6 nitrogen and oxygen atoms in total.